The van der Waals surface area contributed by atoms with Crippen molar-refractivity contribution in [3.63, 3.8) is 0 Å². The van der Waals surface area contributed by atoms with Crippen LogP contribution in [-0.4, -0.2) is 37.9 Å². The molecule has 3 N–H and O–H groups in total. The summed E-state index contributed by atoms with van der Waals surface area (Å²) in [5.41, 5.74) is 2.03. The molecule has 0 aliphatic carbocycles. The van der Waals surface area contributed by atoms with Crippen LogP contribution in [-0.2, 0) is 4.74 Å². The minimum atomic E-state index is -1.24. The molecule has 0 amide bonds. The number of carbonyl (C=O) groups excluding carboxylic acids is 1. The summed E-state index contributed by atoms with van der Waals surface area (Å²) in [5, 5.41) is 16.1. The molecule has 0 aliphatic rings. The van der Waals surface area contributed by atoms with E-state index in [-0.39, 0.29) is 17.7 Å². The maximum atomic E-state index is 12.5. The highest BCUT2D eigenvalue weighted by molar-refractivity contribution is 6.05. The van der Waals surface area contributed by atoms with E-state index >= 15 is 0 Å². The number of ether oxygens (including phenoxy) is 3. The number of rotatable bonds is 9. The van der Waals surface area contributed by atoms with Crippen LogP contribution in [0.25, 0.3) is 0 Å². The first kappa shape index (κ1) is 22.5. The number of esters is 1. The van der Waals surface area contributed by atoms with Crippen molar-refractivity contribution in [2.24, 2.45) is 0 Å². The van der Waals surface area contributed by atoms with Gasteiger partial charge in [-0.1, -0.05) is 18.2 Å². The molecule has 0 spiro atoms. The molecule has 32 heavy (non-hydrogen) atoms. The van der Waals surface area contributed by atoms with Crippen LogP contribution in [0.4, 0.5) is 22.7 Å². The summed E-state index contributed by atoms with van der Waals surface area (Å²) in [5.74, 6) is -0.836. The fourth-order valence-electron chi connectivity index (χ4n) is 3.09. The number of carboxylic acids is 1. The Morgan fingerprint density at radius 2 is 1.53 bits per heavy atom. The zero-order valence-corrected chi connectivity index (χ0v) is 18.0. The molecule has 8 nitrogen and oxygen atoms in total. The molecule has 0 bridgehead atoms. The van der Waals surface area contributed by atoms with Crippen molar-refractivity contribution in [1.29, 1.82) is 0 Å². The molecule has 3 aromatic rings. The van der Waals surface area contributed by atoms with Gasteiger partial charge in [0.2, 0.25) is 0 Å². The molecule has 8 heteroatoms. The first-order valence-corrected chi connectivity index (χ1v) is 9.86. The quantitative estimate of drug-likeness (QED) is 0.400. The Balaban J connectivity index is 2.13. The van der Waals surface area contributed by atoms with E-state index in [0.717, 1.165) is 5.69 Å². The Morgan fingerprint density at radius 3 is 2.16 bits per heavy atom. The summed E-state index contributed by atoms with van der Waals surface area (Å²) in [7, 11) is 3.08. The SMILES string of the molecule is CCOC(=O)c1cc(Nc2ccc(OC)cc2OC)c(Nc2ccccc2)cc1C(=O)O. The lowest BCUT2D eigenvalue weighted by molar-refractivity contribution is 0.0514. The monoisotopic (exact) mass is 436 g/mol. The molecular weight excluding hydrogens is 412 g/mol. The highest BCUT2D eigenvalue weighted by Crippen LogP contribution is 2.36. The van der Waals surface area contributed by atoms with E-state index in [4.69, 9.17) is 14.2 Å². The lowest BCUT2D eigenvalue weighted by Crippen LogP contribution is -2.13. The third kappa shape index (κ3) is 5.10. The zero-order chi connectivity index (χ0) is 23.1. The van der Waals surface area contributed by atoms with Gasteiger partial charge in [-0.3, -0.25) is 0 Å². The van der Waals surface area contributed by atoms with E-state index in [9.17, 15) is 14.7 Å². The number of nitrogens with one attached hydrogen (secondary N) is 2. The van der Waals surface area contributed by atoms with Crippen LogP contribution in [0.2, 0.25) is 0 Å². The van der Waals surface area contributed by atoms with Gasteiger partial charge < -0.3 is 30.0 Å². The normalized spacial score (nSPS) is 10.2. The zero-order valence-electron chi connectivity index (χ0n) is 18.0. The van der Waals surface area contributed by atoms with Gasteiger partial charge in [-0.05, 0) is 43.3 Å². The number of carbonyl (C=O) groups is 2. The molecule has 3 rings (SSSR count). The second kappa shape index (κ2) is 10.2. The van der Waals surface area contributed by atoms with Gasteiger partial charge in [-0.25, -0.2) is 9.59 Å². The minimum Gasteiger partial charge on any atom is -0.497 e. The van der Waals surface area contributed by atoms with Gasteiger partial charge in [0.25, 0.3) is 0 Å². The average Bonchev–Trinajstić information content (AvgIpc) is 2.80. The van der Waals surface area contributed by atoms with Gasteiger partial charge in [0.1, 0.15) is 11.5 Å². The Bertz CT molecular complexity index is 1110. The van der Waals surface area contributed by atoms with Gasteiger partial charge in [0.15, 0.2) is 0 Å². The molecule has 0 atom stereocenters. The number of hydrogen-bond acceptors (Lipinski definition) is 7. The van der Waals surface area contributed by atoms with Crippen LogP contribution in [0.5, 0.6) is 11.5 Å². The molecule has 166 valence electrons. The molecule has 0 aliphatic heterocycles. The smallest absolute Gasteiger partial charge is 0.339 e. The van der Waals surface area contributed by atoms with Gasteiger partial charge in [0, 0.05) is 11.8 Å². The van der Waals surface area contributed by atoms with Crippen LogP contribution in [0.15, 0.2) is 60.7 Å². The van der Waals surface area contributed by atoms with Crippen LogP contribution in [0.1, 0.15) is 27.6 Å². The Kier molecular flexibility index (Phi) is 7.17. The first-order chi connectivity index (χ1) is 15.5. The maximum Gasteiger partial charge on any atom is 0.339 e. The first-order valence-electron chi connectivity index (χ1n) is 9.86. The summed E-state index contributed by atoms with van der Waals surface area (Å²) < 4.78 is 15.8. The Morgan fingerprint density at radius 1 is 0.844 bits per heavy atom. The number of carboxylic acid groups (broad SMARTS) is 1. The number of anilines is 4. The van der Waals surface area contributed by atoms with Crippen molar-refractivity contribution < 1.29 is 28.9 Å². The maximum absolute atomic E-state index is 12.5. The summed E-state index contributed by atoms with van der Waals surface area (Å²) >= 11 is 0. The van der Waals surface area contributed by atoms with Gasteiger partial charge >= 0.3 is 11.9 Å². The molecule has 0 saturated heterocycles. The third-order valence-corrected chi connectivity index (χ3v) is 4.61. The summed E-state index contributed by atoms with van der Waals surface area (Å²) in [6, 6.07) is 17.4. The van der Waals surface area contributed by atoms with E-state index < -0.39 is 11.9 Å². The van der Waals surface area contributed by atoms with Gasteiger partial charge in [0.05, 0.1) is 49.0 Å². The number of benzene rings is 3. The lowest BCUT2D eigenvalue weighted by Gasteiger charge is -2.19. The minimum absolute atomic E-state index is 0.0621. The molecule has 0 radical (unpaired) electrons. The number of methoxy groups -OCH3 is 2. The van der Waals surface area contributed by atoms with Crippen LogP contribution < -0.4 is 20.1 Å². The van der Waals surface area contributed by atoms with Crippen LogP contribution in [0, 0.1) is 0 Å². The van der Waals surface area contributed by atoms with E-state index in [1.165, 1.54) is 19.2 Å². The Hall–Kier alpha value is -4.20. The van der Waals surface area contributed by atoms with E-state index in [0.29, 0.717) is 28.6 Å². The van der Waals surface area contributed by atoms with Crippen molar-refractivity contribution in [2.75, 3.05) is 31.5 Å². The lowest BCUT2D eigenvalue weighted by atomic mass is 10.0. The Labute approximate surface area is 185 Å². The van der Waals surface area contributed by atoms with E-state index in [2.05, 4.69) is 10.6 Å². The molecule has 0 fully saturated rings. The summed E-state index contributed by atoms with van der Waals surface area (Å²) in [6.07, 6.45) is 0. The standard InChI is InChI=1S/C24H24N2O6/c1-4-32-24(29)18-14-21(26-19-11-10-16(30-2)12-22(19)31-3)20(13-17(18)23(27)28)25-15-8-6-5-7-9-15/h5-14,25-26H,4H2,1-3H3,(H,27,28). The number of para-hydroxylation sites is 1. The fourth-order valence-corrected chi connectivity index (χ4v) is 3.09. The largest absolute Gasteiger partial charge is 0.497 e. The predicted molar refractivity (Wildman–Crippen MR) is 122 cm³/mol. The van der Waals surface area contributed by atoms with Crippen molar-refractivity contribution in [3.05, 3.63) is 71.8 Å². The van der Waals surface area contributed by atoms with Crippen LogP contribution in [0.3, 0.4) is 0 Å². The molecule has 3 aromatic carbocycles. The molecule has 0 saturated carbocycles. The van der Waals surface area contributed by atoms with Crippen molar-refractivity contribution in [2.45, 2.75) is 6.92 Å². The molecule has 0 heterocycles. The average molecular weight is 436 g/mol. The molecule has 0 unspecified atom stereocenters. The number of aromatic carboxylic acids is 1. The van der Waals surface area contributed by atoms with Gasteiger partial charge in [-0.2, -0.15) is 0 Å². The molecular formula is C24H24N2O6. The van der Waals surface area contributed by atoms with Crippen molar-refractivity contribution in [3.8, 4) is 11.5 Å². The second-order valence-electron chi connectivity index (χ2n) is 6.65. The molecule has 0 aromatic heterocycles. The van der Waals surface area contributed by atoms with E-state index in [1.807, 2.05) is 30.3 Å². The summed E-state index contributed by atoms with van der Waals surface area (Å²) in [4.78, 5) is 24.4. The van der Waals surface area contributed by atoms with Gasteiger partial charge in [-0.15, -0.1) is 0 Å². The fraction of sp³-hybridized carbons (Fsp3) is 0.167. The van der Waals surface area contributed by atoms with Crippen molar-refractivity contribution >= 4 is 34.7 Å². The van der Waals surface area contributed by atoms with E-state index in [1.54, 1.807) is 32.2 Å². The highest BCUT2D eigenvalue weighted by Gasteiger charge is 2.22. The topological polar surface area (TPSA) is 106 Å². The third-order valence-electron chi connectivity index (χ3n) is 4.61. The predicted octanol–water partition coefficient (Wildman–Crippen LogP) is 5.07. The summed E-state index contributed by atoms with van der Waals surface area (Å²) in [6.45, 7) is 1.78. The highest BCUT2D eigenvalue weighted by atomic mass is 16.5. The number of hydrogen-bond donors (Lipinski definition) is 3. The van der Waals surface area contributed by atoms with Crippen LogP contribution >= 0.6 is 0 Å². The van der Waals surface area contributed by atoms with Crippen molar-refractivity contribution in [1.82, 2.24) is 0 Å². The second-order valence-corrected chi connectivity index (χ2v) is 6.65.